The Labute approximate surface area is 199 Å². The summed E-state index contributed by atoms with van der Waals surface area (Å²) in [6, 6.07) is 0.871. The van der Waals surface area contributed by atoms with Crippen LogP contribution in [0.2, 0.25) is 5.02 Å². The van der Waals surface area contributed by atoms with Gasteiger partial charge in [-0.05, 0) is 25.5 Å². The van der Waals surface area contributed by atoms with Crippen LogP contribution in [0.25, 0.3) is 21.3 Å². The van der Waals surface area contributed by atoms with E-state index in [1.807, 2.05) is 0 Å². The van der Waals surface area contributed by atoms with Gasteiger partial charge in [-0.15, -0.1) is 11.3 Å². The van der Waals surface area contributed by atoms with E-state index in [0.717, 1.165) is 6.07 Å². The van der Waals surface area contributed by atoms with Crippen molar-refractivity contribution in [3.8, 4) is 11.1 Å². The van der Waals surface area contributed by atoms with Gasteiger partial charge in [0.25, 0.3) is 5.91 Å². The first kappa shape index (κ1) is 23.7. The molecule has 0 radical (unpaired) electrons. The molecular weight excluding hydrogens is 495 g/mol. The van der Waals surface area contributed by atoms with Gasteiger partial charge < -0.3 is 11.1 Å². The summed E-state index contributed by atoms with van der Waals surface area (Å²) in [5, 5.41) is 11.3. The Morgan fingerprint density at radius 1 is 1.26 bits per heavy atom. The highest BCUT2D eigenvalue weighted by molar-refractivity contribution is 7.21. The van der Waals surface area contributed by atoms with Gasteiger partial charge in [-0.1, -0.05) is 11.6 Å². The van der Waals surface area contributed by atoms with Crippen molar-refractivity contribution < 1.29 is 22.8 Å². The number of anilines is 1. The topological polar surface area (TPSA) is 121 Å². The molecule has 0 saturated heterocycles. The molecule has 0 fully saturated rings. The predicted octanol–water partition coefficient (Wildman–Crippen LogP) is 3.92. The molecule has 4 rings (SSSR count). The normalized spacial score (nSPS) is 11.9. The highest BCUT2D eigenvalue weighted by Gasteiger charge is 2.35. The first-order valence-electron chi connectivity index (χ1n) is 9.69. The van der Waals surface area contributed by atoms with E-state index < -0.39 is 23.7 Å². The van der Waals surface area contributed by atoms with Crippen molar-refractivity contribution in [2.75, 3.05) is 5.32 Å². The van der Waals surface area contributed by atoms with E-state index in [1.165, 1.54) is 21.8 Å². The lowest BCUT2D eigenvalue weighted by Gasteiger charge is -2.12. The quantitative estimate of drug-likeness (QED) is 0.420. The second-order valence-corrected chi connectivity index (χ2v) is 8.89. The number of halogens is 4. The van der Waals surface area contributed by atoms with E-state index in [9.17, 15) is 22.8 Å². The van der Waals surface area contributed by atoms with E-state index in [0.29, 0.717) is 33.3 Å². The third-order valence-electron chi connectivity index (χ3n) is 5.16. The molecule has 34 heavy (non-hydrogen) atoms. The number of pyridine rings is 1. The van der Waals surface area contributed by atoms with Crippen LogP contribution >= 0.6 is 22.9 Å². The van der Waals surface area contributed by atoms with Gasteiger partial charge in [0.2, 0.25) is 5.91 Å². The molecule has 0 saturated carbocycles. The standard InChI is InChI=1S/C20H17ClF3N7O2S/c1-8-12(21)6-31(29-8)7-14(32)28-16-15-10(11-5-26-30(3)9(11)2)4-13(20(22,23)24)27-19(15)34-17(16)18(25)33/h4-6H,7H2,1-3H3,(H2,25,33)(H,28,32). The summed E-state index contributed by atoms with van der Waals surface area (Å²) in [5.74, 6) is -1.51. The third-order valence-corrected chi connectivity index (χ3v) is 6.63. The first-order chi connectivity index (χ1) is 15.9. The van der Waals surface area contributed by atoms with Crippen LogP contribution in [-0.2, 0) is 24.6 Å². The molecule has 3 N–H and O–H groups in total. The molecule has 0 atom stereocenters. The molecule has 0 aliphatic heterocycles. The van der Waals surface area contributed by atoms with Gasteiger partial charge in [0.15, 0.2) is 0 Å². The minimum atomic E-state index is -4.74. The average Bonchev–Trinajstić information content (AvgIpc) is 3.37. The molecular formula is C20H17ClF3N7O2S. The molecule has 0 bridgehead atoms. The van der Waals surface area contributed by atoms with Gasteiger partial charge in [0.05, 0.1) is 22.6 Å². The summed E-state index contributed by atoms with van der Waals surface area (Å²) in [6.45, 7) is 3.10. The lowest BCUT2D eigenvalue weighted by molar-refractivity contribution is -0.140. The molecule has 4 aromatic rings. The van der Waals surface area contributed by atoms with Crippen LogP contribution in [0.5, 0.6) is 0 Å². The van der Waals surface area contributed by atoms with Crippen LogP contribution in [0.1, 0.15) is 26.8 Å². The highest BCUT2D eigenvalue weighted by atomic mass is 35.5. The van der Waals surface area contributed by atoms with Crippen LogP contribution in [0, 0.1) is 13.8 Å². The molecule has 9 nitrogen and oxygen atoms in total. The lowest BCUT2D eigenvalue weighted by atomic mass is 10.0. The van der Waals surface area contributed by atoms with Crippen molar-refractivity contribution in [1.29, 1.82) is 0 Å². The summed E-state index contributed by atoms with van der Waals surface area (Å²) >= 11 is 6.64. The summed E-state index contributed by atoms with van der Waals surface area (Å²) < 4.78 is 43.6. The number of nitrogens with one attached hydrogen (secondary N) is 1. The maximum absolute atomic E-state index is 13.6. The van der Waals surface area contributed by atoms with Crippen molar-refractivity contribution in [3.63, 3.8) is 0 Å². The van der Waals surface area contributed by atoms with E-state index in [-0.39, 0.29) is 32.9 Å². The Bertz CT molecular complexity index is 1440. The first-order valence-corrected chi connectivity index (χ1v) is 10.9. The van der Waals surface area contributed by atoms with Crippen molar-refractivity contribution >= 4 is 50.7 Å². The minimum absolute atomic E-state index is 0.0213. The number of nitrogens with two attached hydrogens (primary N) is 1. The van der Waals surface area contributed by atoms with Gasteiger partial charge in [0.1, 0.15) is 21.9 Å². The van der Waals surface area contributed by atoms with Gasteiger partial charge in [-0.25, -0.2) is 4.98 Å². The maximum Gasteiger partial charge on any atom is 0.433 e. The Kier molecular flexibility index (Phi) is 5.85. The smallest absolute Gasteiger partial charge is 0.365 e. The lowest BCUT2D eigenvalue weighted by Crippen LogP contribution is -2.21. The summed E-state index contributed by atoms with van der Waals surface area (Å²) in [5.41, 5.74) is 5.92. The number of amides is 2. The highest BCUT2D eigenvalue weighted by Crippen LogP contribution is 2.44. The number of fused-ring (bicyclic) bond motifs is 1. The van der Waals surface area contributed by atoms with E-state index in [2.05, 4.69) is 20.5 Å². The van der Waals surface area contributed by atoms with Crippen LogP contribution in [0.3, 0.4) is 0 Å². The van der Waals surface area contributed by atoms with Crippen molar-refractivity contribution in [2.24, 2.45) is 12.8 Å². The zero-order valence-electron chi connectivity index (χ0n) is 18.0. The summed E-state index contributed by atoms with van der Waals surface area (Å²) in [4.78, 5) is 28.4. The number of nitrogens with zero attached hydrogens (tertiary/aromatic N) is 5. The molecule has 14 heteroatoms. The Morgan fingerprint density at radius 2 is 1.97 bits per heavy atom. The number of carbonyl (C=O) groups is 2. The van der Waals surface area contributed by atoms with Crippen molar-refractivity contribution in [2.45, 2.75) is 26.6 Å². The van der Waals surface area contributed by atoms with Crippen molar-refractivity contribution in [3.05, 3.63) is 45.4 Å². The van der Waals surface area contributed by atoms with E-state index in [4.69, 9.17) is 17.3 Å². The number of rotatable bonds is 5. The summed E-state index contributed by atoms with van der Waals surface area (Å²) in [7, 11) is 1.64. The molecule has 0 unspecified atom stereocenters. The zero-order valence-corrected chi connectivity index (χ0v) is 19.6. The van der Waals surface area contributed by atoms with Gasteiger partial charge in [-0.3, -0.25) is 19.0 Å². The summed E-state index contributed by atoms with van der Waals surface area (Å²) in [6.07, 6.45) is -1.87. The SMILES string of the molecule is Cc1nn(CC(=O)Nc2c(C(N)=O)sc3nc(C(F)(F)F)cc(-c4cnn(C)c4C)c23)cc1Cl. The van der Waals surface area contributed by atoms with Gasteiger partial charge in [-0.2, -0.15) is 23.4 Å². The molecule has 0 spiro atoms. The van der Waals surface area contributed by atoms with Gasteiger partial charge in [0, 0.05) is 29.9 Å². The molecule has 4 aromatic heterocycles. The molecule has 2 amide bonds. The second-order valence-electron chi connectivity index (χ2n) is 7.48. The second kappa shape index (κ2) is 8.40. The van der Waals surface area contributed by atoms with Crippen LogP contribution in [-0.4, -0.2) is 36.4 Å². The fourth-order valence-corrected chi connectivity index (χ4v) is 4.57. The number of hydrogen-bond donors (Lipinski definition) is 2. The maximum atomic E-state index is 13.6. The van der Waals surface area contributed by atoms with Crippen LogP contribution in [0.4, 0.5) is 18.9 Å². The third kappa shape index (κ3) is 4.23. The van der Waals surface area contributed by atoms with Crippen LogP contribution in [0.15, 0.2) is 18.5 Å². The van der Waals surface area contributed by atoms with Crippen molar-refractivity contribution in [1.82, 2.24) is 24.5 Å². The number of alkyl halides is 3. The number of carbonyl (C=O) groups excluding carboxylic acids is 2. The molecule has 178 valence electrons. The van der Waals surface area contributed by atoms with Gasteiger partial charge >= 0.3 is 6.18 Å². The fourth-order valence-electron chi connectivity index (χ4n) is 3.41. The molecule has 0 aromatic carbocycles. The Morgan fingerprint density at radius 3 is 2.50 bits per heavy atom. The minimum Gasteiger partial charge on any atom is -0.365 e. The monoisotopic (exact) mass is 511 g/mol. The fraction of sp³-hybridized carbons (Fsp3) is 0.250. The van der Waals surface area contributed by atoms with E-state index >= 15 is 0 Å². The van der Waals surface area contributed by atoms with E-state index in [1.54, 1.807) is 20.9 Å². The largest absolute Gasteiger partial charge is 0.433 e. The number of thiophene rings is 1. The number of aromatic nitrogens is 5. The number of aryl methyl sites for hydroxylation is 2. The number of hydrogen-bond acceptors (Lipinski definition) is 6. The molecule has 0 aliphatic rings. The van der Waals surface area contributed by atoms with Crippen LogP contribution < -0.4 is 11.1 Å². The molecule has 0 aliphatic carbocycles. The predicted molar refractivity (Wildman–Crippen MR) is 121 cm³/mol. The Balaban J connectivity index is 1.91. The Hall–Kier alpha value is -3.45. The molecule has 4 heterocycles. The number of primary amides is 1. The zero-order chi connectivity index (χ0) is 24.9. The average molecular weight is 512 g/mol.